The highest BCUT2D eigenvalue weighted by Gasteiger charge is 2.36. The van der Waals surface area contributed by atoms with Crippen LogP contribution in [0.15, 0.2) is 64.8 Å². The van der Waals surface area contributed by atoms with E-state index in [9.17, 15) is 14.7 Å². The quantitative estimate of drug-likeness (QED) is 0.491. The Labute approximate surface area is 204 Å². The number of aliphatic hydroxyl groups is 1. The van der Waals surface area contributed by atoms with Crippen molar-refractivity contribution < 1.29 is 14.7 Å². The minimum Gasteiger partial charge on any atom is -0.385 e. The standard InChI is InChI=1S/C24H23BrN4O3S/c1-16-21(33-28-27-16)15-20(26-22(30)17-5-3-2-4-6-17)23(31)29-13-11-24(32,12-14-29)18-7-9-19(25)10-8-18/h2-10,15,32H,11-14H2,1H3,(H,26,30)/b20-15-. The monoisotopic (exact) mass is 526 g/mol. The molecule has 1 aliphatic heterocycles. The van der Waals surface area contributed by atoms with E-state index in [1.165, 1.54) is 0 Å². The zero-order chi connectivity index (χ0) is 23.4. The summed E-state index contributed by atoms with van der Waals surface area (Å²) >= 11 is 4.57. The van der Waals surface area contributed by atoms with Gasteiger partial charge in [0.1, 0.15) is 5.70 Å². The Bertz CT molecular complexity index is 1170. The third-order valence-electron chi connectivity index (χ3n) is 5.74. The third kappa shape index (κ3) is 5.38. The van der Waals surface area contributed by atoms with Gasteiger partial charge in [-0.25, -0.2) is 0 Å². The van der Waals surface area contributed by atoms with E-state index in [-0.39, 0.29) is 17.5 Å². The number of hydrogen-bond donors (Lipinski definition) is 2. The summed E-state index contributed by atoms with van der Waals surface area (Å²) < 4.78 is 4.86. The van der Waals surface area contributed by atoms with Crippen LogP contribution in [-0.4, -0.2) is 44.5 Å². The number of amides is 2. The van der Waals surface area contributed by atoms with Gasteiger partial charge in [0.2, 0.25) is 0 Å². The van der Waals surface area contributed by atoms with Gasteiger partial charge >= 0.3 is 0 Å². The number of benzene rings is 2. The van der Waals surface area contributed by atoms with Crippen LogP contribution < -0.4 is 5.32 Å². The molecule has 0 saturated carbocycles. The van der Waals surface area contributed by atoms with Crippen molar-refractivity contribution in [1.82, 2.24) is 19.8 Å². The number of hydrogen-bond acceptors (Lipinski definition) is 6. The first-order chi connectivity index (χ1) is 15.9. The van der Waals surface area contributed by atoms with Crippen molar-refractivity contribution in [3.05, 3.63) is 86.5 Å². The van der Waals surface area contributed by atoms with Crippen molar-refractivity contribution in [3.63, 3.8) is 0 Å². The van der Waals surface area contributed by atoms with E-state index in [0.29, 0.717) is 42.1 Å². The van der Waals surface area contributed by atoms with Crippen LogP contribution in [0.1, 0.15) is 39.3 Å². The van der Waals surface area contributed by atoms with Gasteiger partial charge in [-0.05, 0) is 67.2 Å². The lowest BCUT2D eigenvalue weighted by molar-refractivity contribution is -0.131. The number of nitrogens with one attached hydrogen (secondary N) is 1. The van der Waals surface area contributed by atoms with Crippen molar-refractivity contribution in [2.45, 2.75) is 25.4 Å². The van der Waals surface area contributed by atoms with Crippen LogP contribution in [-0.2, 0) is 10.4 Å². The zero-order valence-electron chi connectivity index (χ0n) is 18.0. The van der Waals surface area contributed by atoms with Gasteiger partial charge in [-0.2, -0.15) is 0 Å². The van der Waals surface area contributed by atoms with Gasteiger partial charge in [0, 0.05) is 23.1 Å². The van der Waals surface area contributed by atoms with Crippen LogP contribution in [0.4, 0.5) is 0 Å². The number of rotatable bonds is 5. The van der Waals surface area contributed by atoms with E-state index in [0.717, 1.165) is 21.6 Å². The second-order valence-electron chi connectivity index (χ2n) is 7.93. The molecule has 0 unspecified atom stereocenters. The number of halogens is 1. The number of nitrogens with zero attached hydrogens (tertiary/aromatic N) is 3. The van der Waals surface area contributed by atoms with E-state index in [4.69, 9.17) is 0 Å². The van der Waals surface area contributed by atoms with E-state index in [2.05, 4.69) is 30.8 Å². The summed E-state index contributed by atoms with van der Waals surface area (Å²) in [7, 11) is 0. The molecule has 0 spiro atoms. The summed E-state index contributed by atoms with van der Waals surface area (Å²) in [6.07, 6.45) is 2.43. The van der Waals surface area contributed by atoms with E-state index >= 15 is 0 Å². The zero-order valence-corrected chi connectivity index (χ0v) is 20.4. The molecule has 2 heterocycles. The molecule has 33 heavy (non-hydrogen) atoms. The fraction of sp³-hybridized carbons (Fsp3) is 0.250. The summed E-state index contributed by atoms with van der Waals surface area (Å²) in [6, 6.07) is 16.3. The molecule has 7 nitrogen and oxygen atoms in total. The second-order valence-corrected chi connectivity index (χ2v) is 9.63. The number of carbonyl (C=O) groups is 2. The van der Waals surface area contributed by atoms with Crippen LogP contribution in [0.25, 0.3) is 6.08 Å². The maximum atomic E-state index is 13.4. The molecule has 0 aliphatic carbocycles. The highest BCUT2D eigenvalue weighted by Crippen LogP contribution is 2.34. The molecule has 0 radical (unpaired) electrons. The maximum absolute atomic E-state index is 13.4. The number of aryl methyl sites for hydroxylation is 1. The largest absolute Gasteiger partial charge is 0.385 e. The Morgan fingerprint density at radius 1 is 1.12 bits per heavy atom. The number of carbonyl (C=O) groups excluding carboxylic acids is 2. The van der Waals surface area contributed by atoms with E-state index in [1.54, 1.807) is 42.2 Å². The molecular weight excluding hydrogens is 504 g/mol. The lowest BCUT2D eigenvalue weighted by Crippen LogP contribution is -2.47. The predicted octanol–water partition coefficient (Wildman–Crippen LogP) is 3.89. The molecule has 1 aliphatic rings. The molecule has 0 atom stereocenters. The van der Waals surface area contributed by atoms with Crippen molar-refractivity contribution in [1.29, 1.82) is 0 Å². The van der Waals surface area contributed by atoms with Gasteiger partial charge in [0.05, 0.1) is 16.2 Å². The minimum atomic E-state index is -0.993. The molecule has 2 amide bonds. The highest BCUT2D eigenvalue weighted by molar-refractivity contribution is 9.10. The molecule has 1 saturated heterocycles. The Morgan fingerprint density at radius 2 is 1.79 bits per heavy atom. The van der Waals surface area contributed by atoms with Gasteiger partial charge < -0.3 is 15.3 Å². The van der Waals surface area contributed by atoms with Gasteiger partial charge in [0.15, 0.2) is 0 Å². The Kier molecular flexibility index (Phi) is 7.02. The number of likely N-dealkylation sites (tertiary alicyclic amines) is 1. The van der Waals surface area contributed by atoms with Crippen LogP contribution in [0.2, 0.25) is 0 Å². The highest BCUT2D eigenvalue weighted by atomic mass is 79.9. The lowest BCUT2D eigenvalue weighted by atomic mass is 9.84. The molecule has 2 N–H and O–H groups in total. The van der Waals surface area contributed by atoms with Gasteiger partial charge in [-0.1, -0.05) is 50.8 Å². The lowest BCUT2D eigenvalue weighted by Gasteiger charge is -2.38. The summed E-state index contributed by atoms with van der Waals surface area (Å²) in [6.45, 7) is 2.53. The van der Waals surface area contributed by atoms with Gasteiger partial charge in [-0.15, -0.1) is 5.10 Å². The molecule has 1 fully saturated rings. The van der Waals surface area contributed by atoms with Gasteiger partial charge in [0.25, 0.3) is 11.8 Å². The number of aromatic nitrogens is 2. The minimum absolute atomic E-state index is 0.159. The van der Waals surface area contributed by atoms with Crippen molar-refractivity contribution >= 4 is 45.4 Å². The van der Waals surface area contributed by atoms with Crippen LogP contribution in [0.5, 0.6) is 0 Å². The van der Waals surface area contributed by atoms with Crippen molar-refractivity contribution in [2.75, 3.05) is 13.1 Å². The summed E-state index contributed by atoms with van der Waals surface area (Å²) in [5.41, 5.74) is 1.14. The first kappa shape index (κ1) is 23.3. The van der Waals surface area contributed by atoms with Gasteiger partial charge in [-0.3, -0.25) is 9.59 Å². The summed E-state index contributed by atoms with van der Waals surface area (Å²) in [5.74, 6) is -0.668. The molecule has 9 heteroatoms. The van der Waals surface area contributed by atoms with E-state index in [1.807, 2.05) is 30.3 Å². The van der Waals surface area contributed by atoms with Crippen molar-refractivity contribution in [2.24, 2.45) is 0 Å². The molecular formula is C24H23BrN4O3S. The number of piperidine rings is 1. The summed E-state index contributed by atoms with van der Waals surface area (Å²) in [4.78, 5) is 28.6. The van der Waals surface area contributed by atoms with Crippen molar-refractivity contribution in [3.8, 4) is 0 Å². The first-order valence-electron chi connectivity index (χ1n) is 10.5. The molecule has 170 valence electrons. The topological polar surface area (TPSA) is 95.4 Å². The Hall–Kier alpha value is -2.88. The third-order valence-corrected chi connectivity index (χ3v) is 7.04. The Morgan fingerprint density at radius 3 is 2.39 bits per heavy atom. The SMILES string of the molecule is Cc1nnsc1/C=C(\NC(=O)c1ccccc1)C(=O)N1CCC(O)(c2ccc(Br)cc2)CC1. The van der Waals surface area contributed by atoms with E-state index < -0.39 is 5.60 Å². The average Bonchev–Trinajstić information content (AvgIpc) is 3.23. The maximum Gasteiger partial charge on any atom is 0.270 e. The Balaban J connectivity index is 1.53. The van der Waals surface area contributed by atoms with Crippen LogP contribution in [0.3, 0.4) is 0 Å². The molecule has 3 aromatic rings. The fourth-order valence-electron chi connectivity index (χ4n) is 3.74. The smallest absolute Gasteiger partial charge is 0.270 e. The summed E-state index contributed by atoms with van der Waals surface area (Å²) in [5, 5.41) is 17.9. The fourth-order valence-corrected chi connectivity index (χ4v) is 4.60. The van der Waals surface area contributed by atoms with Crippen LogP contribution >= 0.6 is 27.5 Å². The predicted molar refractivity (Wildman–Crippen MR) is 130 cm³/mol. The average molecular weight is 527 g/mol. The molecule has 4 rings (SSSR count). The molecule has 2 aromatic carbocycles. The van der Waals surface area contributed by atoms with Crippen LogP contribution in [0, 0.1) is 6.92 Å². The second kappa shape index (κ2) is 9.94. The molecule has 0 bridgehead atoms. The first-order valence-corrected chi connectivity index (χ1v) is 12.1. The normalized spacial score (nSPS) is 15.8. The molecule has 1 aromatic heterocycles.